The number of fused-ring (bicyclic) bond motifs is 5. The van der Waals surface area contributed by atoms with E-state index in [1.165, 1.54) is 0 Å². The highest BCUT2D eigenvalue weighted by atomic mass is 16.5. The molecule has 4 aliphatic carbocycles. The molecule has 10 unspecified atom stereocenters. The van der Waals surface area contributed by atoms with Gasteiger partial charge in [-0.25, -0.2) is 4.79 Å². The van der Waals surface area contributed by atoms with Crippen LogP contribution >= 0.6 is 0 Å². The van der Waals surface area contributed by atoms with Gasteiger partial charge in [-0.1, -0.05) is 25.5 Å². The van der Waals surface area contributed by atoms with Gasteiger partial charge in [-0.3, -0.25) is 4.79 Å². The fraction of sp³-hybridized carbons (Fsp3) is 0.793. The van der Waals surface area contributed by atoms with E-state index >= 15 is 0 Å². The monoisotopic (exact) mass is 486 g/mol. The summed E-state index contributed by atoms with van der Waals surface area (Å²) in [4.78, 5) is 25.9. The van der Waals surface area contributed by atoms with Crippen LogP contribution in [0.4, 0.5) is 0 Å². The van der Waals surface area contributed by atoms with Crippen LogP contribution in [0.5, 0.6) is 0 Å². The van der Waals surface area contributed by atoms with Gasteiger partial charge in [0.15, 0.2) is 5.78 Å². The summed E-state index contributed by atoms with van der Waals surface area (Å²) in [7, 11) is 1.65. The van der Waals surface area contributed by atoms with Crippen molar-refractivity contribution >= 4 is 11.8 Å². The summed E-state index contributed by atoms with van der Waals surface area (Å²) < 4.78 is 11.9. The van der Waals surface area contributed by atoms with Crippen LogP contribution in [0, 0.1) is 40.4 Å². The van der Waals surface area contributed by atoms with Crippen LogP contribution in [0.2, 0.25) is 0 Å². The summed E-state index contributed by atoms with van der Waals surface area (Å²) in [5, 5.41) is 21.0. The van der Waals surface area contributed by atoms with E-state index in [2.05, 4.69) is 20.8 Å². The van der Waals surface area contributed by atoms with Crippen LogP contribution in [-0.4, -0.2) is 53.5 Å². The summed E-state index contributed by atoms with van der Waals surface area (Å²) >= 11 is 0. The molecule has 0 aromatic carbocycles. The zero-order valence-electron chi connectivity index (χ0n) is 21.9. The van der Waals surface area contributed by atoms with Gasteiger partial charge in [0, 0.05) is 13.5 Å². The van der Waals surface area contributed by atoms with Gasteiger partial charge in [0.05, 0.1) is 23.7 Å². The third-order valence-electron chi connectivity index (χ3n) is 11.6. The van der Waals surface area contributed by atoms with Crippen molar-refractivity contribution in [3.63, 3.8) is 0 Å². The second kappa shape index (κ2) is 8.53. The van der Waals surface area contributed by atoms with Crippen molar-refractivity contribution < 1.29 is 29.3 Å². The average Bonchev–Trinajstić information content (AvgIpc) is 3.17. The van der Waals surface area contributed by atoms with Crippen LogP contribution in [0.15, 0.2) is 23.3 Å². The van der Waals surface area contributed by atoms with E-state index in [0.717, 1.165) is 31.3 Å². The van der Waals surface area contributed by atoms with E-state index in [1.54, 1.807) is 13.2 Å². The Bertz CT molecular complexity index is 968. The molecule has 6 nitrogen and oxygen atoms in total. The number of ketones is 1. The Balaban J connectivity index is 1.43. The van der Waals surface area contributed by atoms with Crippen molar-refractivity contribution in [1.29, 1.82) is 0 Å². The lowest BCUT2D eigenvalue weighted by atomic mass is 9.42. The minimum atomic E-state index is -0.844. The van der Waals surface area contributed by atoms with Crippen molar-refractivity contribution in [2.75, 3.05) is 13.7 Å². The van der Waals surface area contributed by atoms with Crippen molar-refractivity contribution in [2.45, 2.75) is 90.4 Å². The third-order valence-corrected chi connectivity index (χ3v) is 11.6. The van der Waals surface area contributed by atoms with Gasteiger partial charge in [0.25, 0.3) is 0 Å². The van der Waals surface area contributed by atoms with Crippen LogP contribution in [0.3, 0.4) is 0 Å². The fourth-order valence-corrected chi connectivity index (χ4v) is 9.63. The molecule has 194 valence electrons. The molecule has 1 aliphatic heterocycles. The summed E-state index contributed by atoms with van der Waals surface area (Å²) in [6.45, 7) is 8.34. The Morgan fingerprint density at radius 2 is 1.94 bits per heavy atom. The van der Waals surface area contributed by atoms with Crippen LogP contribution in [0.25, 0.3) is 0 Å². The predicted octanol–water partition coefficient (Wildman–Crippen LogP) is 3.99. The van der Waals surface area contributed by atoms with E-state index in [-0.39, 0.29) is 47.6 Å². The number of cyclic esters (lactones) is 1. The molecule has 5 aliphatic rings. The number of hydrogen-bond donors (Lipinski definition) is 2. The summed E-state index contributed by atoms with van der Waals surface area (Å²) in [6.07, 6.45) is 8.83. The molecule has 0 amide bonds. The Morgan fingerprint density at radius 3 is 2.60 bits per heavy atom. The maximum absolute atomic E-state index is 13.4. The molecular weight excluding hydrogens is 444 g/mol. The number of methoxy groups -OCH3 is 1. The molecule has 0 spiro atoms. The molecule has 35 heavy (non-hydrogen) atoms. The molecule has 0 aromatic rings. The van der Waals surface area contributed by atoms with Crippen molar-refractivity contribution in [3.8, 4) is 0 Å². The number of allylic oxidation sites excluding steroid dienone is 1. The second-order valence-corrected chi connectivity index (χ2v) is 12.5. The van der Waals surface area contributed by atoms with Gasteiger partial charge in [-0.2, -0.15) is 0 Å². The highest BCUT2D eigenvalue weighted by Gasteiger charge is 2.69. The number of rotatable bonds is 4. The third kappa shape index (κ3) is 3.25. The lowest BCUT2D eigenvalue weighted by molar-refractivity contribution is -0.242. The number of carbonyl (C=O) groups is 2. The van der Waals surface area contributed by atoms with Gasteiger partial charge in [0.2, 0.25) is 0 Å². The highest BCUT2D eigenvalue weighted by molar-refractivity contribution is 5.97. The quantitative estimate of drug-likeness (QED) is 0.584. The number of carbonyl (C=O) groups excluding carboxylic acids is 2. The molecule has 1 heterocycles. The van der Waals surface area contributed by atoms with E-state index < -0.39 is 17.1 Å². The van der Waals surface area contributed by atoms with Crippen molar-refractivity contribution in [2.24, 2.45) is 40.4 Å². The Morgan fingerprint density at radius 1 is 1.20 bits per heavy atom. The molecular formula is C29H42O6. The standard InChI is InChI=1S/C29H42O6/c1-16-13-23(35-26(33)19(16)15-30)17(2)20-8-9-21-18-14-25(32)29(34-5)11-6-7-24(31)28(29,4)22(18)10-12-27(20,21)3/h6-7,17-18,20-23,25,30,32H,8-15H2,1-5H3. The smallest absolute Gasteiger partial charge is 0.336 e. The largest absolute Gasteiger partial charge is 0.458 e. The highest BCUT2D eigenvalue weighted by Crippen LogP contribution is 2.68. The predicted molar refractivity (Wildman–Crippen MR) is 131 cm³/mol. The minimum Gasteiger partial charge on any atom is -0.458 e. The molecule has 2 N–H and O–H groups in total. The van der Waals surface area contributed by atoms with Gasteiger partial charge >= 0.3 is 5.97 Å². The molecule has 0 bridgehead atoms. The van der Waals surface area contributed by atoms with Gasteiger partial charge < -0.3 is 19.7 Å². The van der Waals surface area contributed by atoms with Gasteiger partial charge in [-0.05, 0) is 93.5 Å². The first-order chi connectivity index (χ1) is 16.5. The number of aliphatic hydroxyl groups excluding tert-OH is 2. The zero-order chi connectivity index (χ0) is 25.3. The Kier molecular flexibility index (Phi) is 6.13. The molecule has 0 aromatic heterocycles. The molecule has 0 radical (unpaired) electrons. The van der Waals surface area contributed by atoms with Gasteiger partial charge in [0.1, 0.15) is 11.7 Å². The molecule has 3 fully saturated rings. The van der Waals surface area contributed by atoms with Gasteiger partial charge in [-0.15, -0.1) is 0 Å². The number of esters is 1. The maximum atomic E-state index is 13.4. The Labute approximate surface area is 209 Å². The van der Waals surface area contributed by atoms with Crippen molar-refractivity contribution in [3.05, 3.63) is 23.3 Å². The second-order valence-electron chi connectivity index (χ2n) is 12.5. The molecule has 10 atom stereocenters. The number of aliphatic hydroxyl groups is 2. The van der Waals surface area contributed by atoms with E-state index in [0.29, 0.717) is 36.7 Å². The summed E-state index contributed by atoms with van der Waals surface area (Å²) in [5.41, 5.74) is -0.137. The number of hydrogen-bond acceptors (Lipinski definition) is 6. The normalized spacial score (nSPS) is 48.2. The summed E-state index contributed by atoms with van der Waals surface area (Å²) in [5.74, 6) is 1.25. The first-order valence-corrected chi connectivity index (χ1v) is 13.5. The van der Waals surface area contributed by atoms with E-state index in [1.807, 2.05) is 13.0 Å². The molecule has 0 saturated heterocycles. The molecule has 5 rings (SSSR count). The maximum Gasteiger partial charge on any atom is 0.336 e. The van der Waals surface area contributed by atoms with E-state index in [4.69, 9.17) is 9.47 Å². The number of ether oxygens (including phenoxy) is 2. The Hall–Kier alpha value is -1.50. The van der Waals surface area contributed by atoms with Crippen LogP contribution in [-0.2, 0) is 19.1 Å². The molecule has 6 heteroatoms. The van der Waals surface area contributed by atoms with Crippen LogP contribution < -0.4 is 0 Å². The topological polar surface area (TPSA) is 93.1 Å². The average molecular weight is 487 g/mol. The fourth-order valence-electron chi connectivity index (χ4n) is 9.63. The minimum absolute atomic E-state index is 0.0819. The summed E-state index contributed by atoms with van der Waals surface area (Å²) in [6, 6.07) is 0. The van der Waals surface area contributed by atoms with E-state index in [9.17, 15) is 19.8 Å². The molecule has 3 saturated carbocycles. The SMILES string of the molecule is COC12CC=CC(=O)C1(C)C1CCC3(C)C(C(C)C4CC(C)=C(CO)C(=O)O4)CCC3C1CC2O. The lowest BCUT2D eigenvalue weighted by Gasteiger charge is -2.64. The lowest BCUT2D eigenvalue weighted by Crippen LogP contribution is -2.70. The first kappa shape index (κ1) is 25.2. The van der Waals surface area contributed by atoms with Crippen molar-refractivity contribution in [1.82, 2.24) is 0 Å². The van der Waals surface area contributed by atoms with Crippen LogP contribution in [0.1, 0.15) is 72.6 Å². The first-order valence-electron chi connectivity index (χ1n) is 13.5. The zero-order valence-corrected chi connectivity index (χ0v) is 21.9.